The highest BCUT2D eigenvalue weighted by molar-refractivity contribution is 9.09. The number of alkyl halides is 1. The Bertz CT molecular complexity index is 539. The van der Waals surface area contributed by atoms with Gasteiger partial charge in [-0.05, 0) is 83.0 Å². The second kappa shape index (κ2) is 6.07. The van der Waals surface area contributed by atoms with Crippen molar-refractivity contribution >= 4 is 15.9 Å². The quantitative estimate of drug-likeness (QED) is 0.461. The Morgan fingerprint density at radius 2 is 1.71 bits per heavy atom. The van der Waals surface area contributed by atoms with Crippen LogP contribution in [-0.2, 0) is 0 Å². The van der Waals surface area contributed by atoms with Crippen molar-refractivity contribution in [1.29, 1.82) is 0 Å². The highest BCUT2D eigenvalue weighted by Gasteiger charge is 2.53. The van der Waals surface area contributed by atoms with Gasteiger partial charge in [-0.2, -0.15) is 0 Å². The first kappa shape index (κ1) is 18.9. The maximum absolute atomic E-state index is 10.6. The number of halogens is 1. The zero-order chi connectivity index (χ0) is 17.9. The summed E-state index contributed by atoms with van der Waals surface area (Å²) in [6.07, 6.45) is 5.49. The molecule has 0 heterocycles. The molecule has 0 unspecified atom stereocenters. The van der Waals surface area contributed by atoms with Crippen LogP contribution in [0, 0.1) is 17.3 Å². The van der Waals surface area contributed by atoms with Gasteiger partial charge in [-0.25, -0.2) is 0 Å². The first-order chi connectivity index (χ1) is 11.0. The molecule has 24 heavy (non-hydrogen) atoms. The van der Waals surface area contributed by atoms with E-state index in [1.807, 2.05) is 6.92 Å². The summed E-state index contributed by atoms with van der Waals surface area (Å²) in [5.41, 5.74) is 1.48. The van der Waals surface area contributed by atoms with Crippen LogP contribution in [0.4, 0.5) is 0 Å². The third kappa shape index (κ3) is 3.02. The van der Waals surface area contributed by atoms with E-state index >= 15 is 0 Å². The second-order valence-corrected chi connectivity index (χ2v) is 10.6. The van der Waals surface area contributed by atoms with Gasteiger partial charge in [0.05, 0.1) is 17.3 Å². The molecule has 0 spiro atoms. The lowest BCUT2D eigenvalue weighted by molar-refractivity contribution is -0.0778. The summed E-state index contributed by atoms with van der Waals surface area (Å²) in [6, 6.07) is 0. The topological polar surface area (TPSA) is 60.7 Å². The molecule has 7 atom stereocenters. The molecule has 0 bridgehead atoms. The molecular formula is C20H33BrO3. The smallest absolute Gasteiger partial charge is 0.0880 e. The van der Waals surface area contributed by atoms with Crippen LogP contribution in [0.3, 0.4) is 0 Å². The molecule has 2 fully saturated rings. The Labute approximate surface area is 154 Å². The van der Waals surface area contributed by atoms with Gasteiger partial charge in [0.25, 0.3) is 0 Å². The molecule has 0 saturated heterocycles. The highest BCUT2D eigenvalue weighted by atomic mass is 79.9. The van der Waals surface area contributed by atoms with Crippen LogP contribution >= 0.6 is 15.9 Å². The van der Waals surface area contributed by atoms with Gasteiger partial charge in [0.1, 0.15) is 0 Å². The highest BCUT2D eigenvalue weighted by Crippen LogP contribution is 2.60. The van der Waals surface area contributed by atoms with Crippen LogP contribution in [0.15, 0.2) is 11.1 Å². The molecule has 0 radical (unpaired) electrons. The Kier molecular flexibility index (Phi) is 4.78. The fourth-order valence-corrected chi connectivity index (χ4v) is 6.29. The van der Waals surface area contributed by atoms with Gasteiger partial charge in [-0.15, -0.1) is 0 Å². The normalized spacial score (nSPS) is 53.0. The van der Waals surface area contributed by atoms with E-state index in [0.29, 0.717) is 24.7 Å². The van der Waals surface area contributed by atoms with E-state index in [4.69, 9.17) is 0 Å². The Hall–Kier alpha value is 0.100. The van der Waals surface area contributed by atoms with E-state index < -0.39 is 17.3 Å². The third-order valence-corrected chi connectivity index (χ3v) is 8.95. The average Bonchev–Trinajstić information content (AvgIpc) is 2.63. The third-order valence-electron chi connectivity index (χ3n) is 7.59. The predicted molar refractivity (Wildman–Crippen MR) is 100 cm³/mol. The van der Waals surface area contributed by atoms with E-state index in [0.717, 1.165) is 32.1 Å². The molecule has 0 aliphatic heterocycles. The van der Waals surface area contributed by atoms with Crippen LogP contribution in [0.5, 0.6) is 0 Å². The summed E-state index contributed by atoms with van der Waals surface area (Å²) < 4.78 is 0. The second-order valence-electron chi connectivity index (χ2n) is 9.45. The van der Waals surface area contributed by atoms with E-state index in [2.05, 4.69) is 29.8 Å². The Balaban J connectivity index is 1.87. The minimum Gasteiger partial charge on any atom is -0.390 e. The van der Waals surface area contributed by atoms with Gasteiger partial charge in [0, 0.05) is 4.83 Å². The molecule has 2 saturated carbocycles. The number of aliphatic hydroxyl groups is 3. The maximum atomic E-state index is 10.6. The molecule has 0 aromatic carbocycles. The fraction of sp³-hybridized carbons (Fsp3) is 0.900. The lowest BCUT2D eigenvalue weighted by Crippen LogP contribution is -2.47. The summed E-state index contributed by atoms with van der Waals surface area (Å²) in [5, 5.41) is 31.6. The zero-order valence-electron chi connectivity index (χ0n) is 15.5. The van der Waals surface area contributed by atoms with Gasteiger partial charge < -0.3 is 15.3 Å². The molecule has 3 rings (SSSR count). The monoisotopic (exact) mass is 400 g/mol. The largest absolute Gasteiger partial charge is 0.390 e. The van der Waals surface area contributed by atoms with Crippen LogP contribution in [0.25, 0.3) is 0 Å². The van der Waals surface area contributed by atoms with Gasteiger partial charge >= 0.3 is 0 Å². The number of allylic oxidation sites excluding steroid dienone is 2. The summed E-state index contributed by atoms with van der Waals surface area (Å²) in [4.78, 5) is 0.128. The first-order valence-electron chi connectivity index (χ1n) is 9.43. The number of fused-ring (bicyclic) bond motifs is 1. The molecule has 3 aliphatic carbocycles. The summed E-state index contributed by atoms with van der Waals surface area (Å²) in [6.45, 7) is 8.33. The molecule has 0 aromatic heterocycles. The minimum absolute atomic E-state index is 0.128. The molecule has 0 amide bonds. The average molecular weight is 401 g/mol. The zero-order valence-corrected chi connectivity index (χ0v) is 17.1. The maximum Gasteiger partial charge on any atom is 0.0880 e. The van der Waals surface area contributed by atoms with Crippen molar-refractivity contribution in [2.45, 2.75) is 94.8 Å². The number of hydrogen-bond acceptors (Lipinski definition) is 3. The van der Waals surface area contributed by atoms with Gasteiger partial charge in [0.2, 0.25) is 0 Å². The van der Waals surface area contributed by atoms with Crippen LogP contribution in [0.1, 0.15) is 72.6 Å². The number of hydrogen-bond donors (Lipinski definition) is 3. The summed E-state index contributed by atoms with van der Waals surface area (Å²) in [7, 11) is 0. The standard InChI is InChI=1S/C20H33BrO3/c1-12-11-18(2,13-5-7-19(3,23)16(21)9-13)15-10-17(22)20(4,24)8-6-14(12)15/h13,15-17,22-24H,5-11H2,1-4H3/t13-,15-,16-,17+,18+,19+,20+/m1/s1. The molecule has 3 nitrogen and oxygen atoms in total. The molecule has 3 aliphatic rings. The van der Waals surface area contributed by atoms with Crippen molar-refractivity contribution in [2.24, 2.45) is 17.3 Å². The van der Waals surface area contributed by atoms with Crippen molar-refractivity contribution < 1.29 is 15.3 Å². The van der Waals surface area contributed by atoms with Gasteiger partial charge in [-0.3, -0.25) is 0 Å². The molecular weight excluding hydrogens is 368 g/mol. The van der Waals surface area contributed by atoms with E-state index in [1.54, 1.807) is 6.92 Å². The van der Waals surface area contributed by atoms with Gasteiger partial charge in [0.15, 0.2) is 0 Å². The summed E-state index contributed by atoms with van der Waals surface area (Å²) >= 11 is 3.72. The van der Waals surface area contributed by atoms with Crippen molar-refractivity contribution in [3.63, 3.8) is 0 Å². The van der Waals surface area contributed by atoms with E-state index in [1.165, 1.54) is 11.1 Å². The number of aliphatic hydroxyl groups excluding tert-OH is 1. The molecule has 0 aromatic rings. The van der Waals surface area contributed by atoms with E-state index in [9.17, 15) is 15.3 Å². The Morgan fingerprint density at radius 1 is 1.04 bits per heavy atom. The minimum atomic E-state index is -0.979. The van der Waals surface area contributed by atoms with Crippen LogP contribution in [-0.4, -0.2) is 37.5 Å². The summed E-state index contributed by atoms with van der Waals surface area (Å²) in [5.74, 6) is 0.893. The molecule has 138 valence electrons. The van der Waals surface area contributed by atoms with Crippen molar-refractivity contribution in [2.75, 3.05) is 0 Å². The van der Waals surface area contributed by atoms with Crippen LogP contribution < -0.4 is 0 Å². The van der Waals surface area contributed by atoms with Crippen molar-refractivity contribution in [3.8, 4) is 0 Å². The SMILES string of the molecule is CC1=C2CC[C@](C)(O)[C@@H](O)C[C@H]2[C@](C)([C@@H]2CC[C@](C)(O)[C@H](Br)C2)C1. The first-order valence-corrected chi connectivity index (χ1v) is 10.3. The fourth-order valence-electron chi connectivity index (χ4n) is 5.61. The molecule has 3 N–H and O–H groups in total. The number of rotatable bonds is 1. The van der Waals surface area contributed by atoms with Crippen molar-refractivity contribution in [1.82, 2.24) is 0 Å². The Morgan fingerprint density at radius 3 is 2.33 bits per heavy atom. The molecule has 4 heteroatoms. The predicted octanol–water partition coefficient (Wildman–Crippen LogP) is 3.94. The lowest BCUT2D eigenvalue weighted by Gasteiger charge is -2.48. The lowest BCUT2D eigenvalue weighted by atomic mass is 9.60. The van der Waals surface area contributed by atoms with Crippen LogP contribution in [0.2, 0.25) is 0 Å². The van der Waals surface area contributed by atoms with Crippen molar-refractivity contribution in [3.05, 3.63) is 11.1 Å². The van der Waals surface area contributed by atoms with Gasteiger partial charge in [-0.1, -0.05) is 34.0 Å². The van der Waals surface area contributed by atoms with E-state index in [-0.39, 0.29) is 10.2 Å².